The molecule has 1 aliphatic heterocycles. The van der Waals surface area contributed by atoms with Crippen LogP contribution in [0.3, 0.4) is 0 Å². The van der Waals surface area contributed by atoms with Crippen LogP contribution in [-0.2, 0) is 11.2 Å². The van der Waals surface area contributed by atoms with Gasteiger partial charge in [0.25, 0.3) is 5.91 Å². The maximum Gasteiger partial charge on any atom is 0.328 e. The van der Waals surface area contributed by atoms with Gasteiger partial charge in [-0.05, 0) is 57.4 Å². The number of halogens is 1. The summed E-state index contributed by atoms with van der Waals surface area (Å²) in [6, 6.07) is 5.65. The summed E-state index contributed by atoms with van der Waals surface area (Å²) in [4.78, 5) is 34.3. The molecule has 26 heavy (non-hydrogen) atoms. The summed E-state index contributed by atoms with van der Waals surface area (Å²) in [7, 11) is 1.66. The fourth-order valence-electron chi connectivity index (χ4n) is 3.56. The molecule has 3 amide bonds. The van der Waals surface area contributed by atoms with Gasteiger partial charge >= 0.3 is 6.03 Å². The lowest BCUT2D eigenvalue weighted by molar-refractivity contribution is -0.133. The smallest absolute Gasteiger partial charge is 0.313 e. The molecule has 7 heteroatoms. The van der Waals surface area contributed by atoms with E-state index in [1.54, 1.807) is 44.4 Å². The molecule has 2 aromatic rings. The van der Waals surface area contributed by atoms with Crippen molar-refractivity contribution in [3.63, 3.8) is 0 Å². The van der Waals surface area contributed by atoms with E-state index in [9.17, 15) is 14.0 Å². The number of nitrogens with zero attached hydrogens (tertiary/aromatic N) is 3. The molecule has 1 aliphatic carbocycles. The predicted octanol–water partition coefficient (Wildman–Crippen LogP) is 4.00. The standard InChI is InChI=1S/C19H20FN3O2S/c1-19(2)17(24)23(18(25)22(19)3)13-5-4-6-14-15(13)21-16(26-14)11-7-9-12(20)10-8-11/h7-10,13H,4-6H2,1-3H3. The van der Waals surface area contributed by atoms with Crippen molar-refractivity contribution < 1.29 is 14.0 Å². The van der Waals surface area contributed by atoms with Crippen molar-refractivity contribution >= 4 is 23.3 Å². The first-order valence-electron chi connectivity index (χ1n) is 8.67. The highest BCUT2D eigenvalue weighted by Gasteiger charge is 2.52. The third-order valence-electron chi connectivity index (χ3n) is 5.40. The van der Waals surface area contributed by atoms with Gasteiger partial charge in [0, 0.05) is 17.5 Å². The summed E-state index contributed by atoms with van der Waals surface area (Å²) in [6.45, 7) is 3.53. The quantitative estimate of drug-likeness (QED) is 0.748. The van der Waals surface area contributed by atoms with Crippen LogP contribution in [0.2, 0.25) is 0 Å². The summed E-state index contributed by atoms with van der Waals surface area (Å²) in [5, 5.41) is 0.800. The van der Waals surface area contributed by atoms with Crippen LogP contribution in [0.1, 0.15) is 43.3 Å². The zero-order valence-corrected chi connectivity index (χ0v) is 15.8. The van der Waals surface area contributed by atoms with Gasteiger partial charge in [-0.15, -0.1) is 11.3 Å². The first-order chi connectivity index (χ1) is 12.3. The van der Waals surface area contributed by atoms with Crippen LogP contribution >= 0.6 is 11.3 Å². The average Bonchev–Trinajstić information content (AvgIpc) is 3.11. The Kier molecular flexibility index (Phi) is 3.87. The molecule has 1 atom stereocenters. The minimum Gasteiger partial charge on any atom is -0.313 e. The van der Waals surface area contributed by atoms with Crippen LogP contribution < -0.4 is 0 Å². The largest absolute Gasteiger partial charge is 0.328 e. The summed E-state index contributed by atoms with van der Waals surface area (Å²) in [6.07, 6.45) is 2.52. The number of benzene rings is 1. The van der Waals surface area contributed by atoms with Crippen molar-refractivity contribution in [2.24, 2.45) is 0 Å². The first-order valence-corrected chi connectivity index (χ1v) is 9.49. The number of thiazole rings is 1. The maximum atomic E-state index is 13.2. The van der Waals surface area contributed by atoms with E-state index in [1.165, 1.54) is 21.9 Å². The van der Waals surface area contributed by atoms with Crippen molar-refractivity contribution in [2.75, 3.05) is 7.05 Å². The van der Waals surface area contributed by atoms with Gasteiger partial charge in [0.05, 0.1) is 11.7 Å². The second kappa shape index (κ2) is 5.87. The normalized spacial score (nSPS) is 22.1. The monoisotopic (exact) mass is 373 g/mol. The number of rotatable bonds is 2. The van der Waals surface area contributed by atoms with Crippen molar-refractivity contribution in [3.8, 4) is 10.6 Å². The van der Waals surface area contributed by atoms with Crippen molar-refractivity contribution in [1.82, 2.24) is 14.8 Å². The van der Waals surface area contributed by atoms with Gasteiger partial charge in [-0.25, -0.2) is 14.2 Å². The van der Waals surface area contributed by atoms with E-state index in [-0.39, 0.29) is 23.8 Å². The number of hydrogen-bond donors (Lipinski definition) is 0. The van der Waals surface area contributed by atoms with E-state index in [1.807, 2.05) is 0 Å². The second-order valence-electron chi connectivity index (χ2n) is 7.32. The number of likely N-dealkylation sites (N-methyl/N-ethyl adjacent to an activating group) is 1. The number of amides is 3. The minimum atomic E-state index is -0.843. The zero-order valence-electron chi connectivity index (χ0n) is 15.0. The third-order valence-corrected chi connectivity index (χ3v) is 6.58. The molecule has 1 aromatic carbocycles. The number of carbonyl (C=O) groups is 2. The molecule has 1 fully saturated rings. The molecule has 0 N–H and O–H groups in total. The highest BCUT2D eigenvalue weighted by atomic mass is 32.1. The number of hydrogen-bond acceptors (Lipinski definition) is 4. The fourth-order valence-corrected chi connectivity index (χ4v) is 4.73. The Bertz CT molecular complexity index is 891. The number of aryl methyl sites for hydroxylation is 1. The number of fused-ring (bicyclic) bond motifs is 1. The van der Waals surface area contributed by atoms with Crippen LogP contribution in [0.25, 0.3) is 10.6 Å². The van der Waals surface area contributed by atoms with E-state index >= 15 is 0 Å². The predicted molar refractivity (Wildman–Crippen MR) is 97.3 cm³/mol. The molecule has 1 aromatic heterocycles. The van der Waals surface area contributed by atoms with E-state index in [0.29, 0.717) is 0 Å². The van der Waals surface area contributed by atoms with Crippen molar-refractivity contribution in [1.29, 1.82) is 0 Å². The molecule has 5 nitrogen and oxygen atoms in total. The van der Waals surface area contributed by atoms with Gasteiger partial charge in [-0.3, -0.25) is 9.69 Å². The number of imide groups is 1. The molecule has 0 bridgehead atoms. The van der Waals surface area contributed by atoms with Crippen molar-refractivity contribution in [2.45, 2.75) is 44.7 Å². The fraction of sp³-hybridized carbons (Fsp3) is 0.421. The lowest BCUT2D eigenvalue weighted by Gasteiger charge is -2.28. The van der Waals surface area contributed by atoms with Gasteiger partial charge in [-0.1, -0.05) is 0 Å². The Morgan fingerprint density at radius 2 is 1.92 bits per heavy atom. The zero-order chi connectivity index (χ0) is 18.6. The van der Waals surface area contributed by atoms with Crippen LogP contribution in [-0.4, -0.2) is 39.3 Å². The molecule has 1 unspecified atom stereocenters. The lowest BCUT2D eigenvalue weighted by atomic mass is 9.95. The Balaban J connectivity index is 1.73. The molecule has 136 valence electrons. The number of carbonyl (C=O) groups excluding carboxylic acids is 2. The SMILES string of the molecule is CN1C(=O)N(C2CCCc3sc(-c4ccc(F)cc4)nc32)C(=O)C1(C)C. The molecule has 0 radical (unpaired) electrons. The topological polar surface area (TPSA) is 53.5 Å². The highest BCUT2D eigenvalue weighted by molar-refractivity contribution is 7.15. The first kappa shape index (κ1) is 17.1. The van der Waals surface area contributed by atoms with E-state index in [2.05, 4.69) is 0 Å². The van der Waals surface area contributed by atoms with Crippen LogP contribution in [0, 0.1) is 5.82 Å². The van der Waals surface area contributed by atoms with E-state index < -0.39 is 5.54 Å². The summed E-state index contributed by atoms with van der Waals surface area (Å²) >= 11 is 1.56. The van der Waals surface area contributed by atoms with Crippen molar-refractivity contribution in [3.05, 3.63) is 40.7 Å². The van der Waals surface area contributed by atoms with E-state index in [0.717, 1.165) is 40.4 Å². The molecule has 2 aliphatic rings. The molecular weight excluding hydrogens is 353 g/mol. The van der Waals surface area contributed by atoms with Crippen LogP contribution in [0.5, 0.6) is 0 Å². The lowest BCUT2D eigenvalue weighted by Crippen LogP contribution is -2.42. The number of urea groups is 1. The molecule has 0 saturated carbocycles. The molecule has 1 saturated heterocycles. The number of aromatic nitrogens is 1. The minimum absolute atomic E-state index is 0.181. The van der Waals surface area contributed by atoms with Gasteiger partial charge in [0.2, 0.25) is 0 Å². The van der Waals surface area contributed by atoms with E-state index in [4.69, 9.17) is 4.98 Å². The van der Waals surface area contributed by atoms with Gasteiger partial charge in [0.15, 0.2) is 0 Å². The third kappa shape index (κ3) is 2.45. The maximum absolute atomic E-state index is 13.2. The Labute approximate surface area is 155 Å². The van der Waals surface area contributed by atoms with Gasteiger partial charge in [-0.2, -0.15) is 0 Å². The van der Waals surface area contributed by atoms with Crippen LogP contribution in [0.4, 0.5) is 9.18 Å². The second-order valence-corrected chi connectivity index (χ2v) is 8.40. The molecule has 0 spiro atoms. The summed E-state index contributed by atoms with van der Waals surface area (Å²) in [5.41, 5.74) is 0.819. The highest BCUT2D eigenvalue weighted by Crippen LogP contribution is 2.43. The Morgan fingerprint density at radius 3 is 2.54 bits per heavy atom. The summed E-state index contributed by atoms with van der Waals surface area (Å²) < 4.78 is 13.2. The molecular formula is C19H20FN3O2S. The average molecular weight is 373 g/mol. The summed E-state index contributed by atoms with van der Waals surface area (Å²) in [5.74, 6) is -0.467. The van der Waals surface area contributed by atoms with Gasteiger partial charge in [0.1, 0.15) is 16.4 Å². The molecule has 2 heterocycles. The Hall–Kier alpha value is -2.28. The van der Waals surface area contributed by atoms with Gasteiger partial charge < -0.3 is 4.90 Å². The Morgan fingerprint density at radius 1 is 1.23 bits per heavy atom. The molecule has 4 rings (SSSR count). The van der Waals surface area contributed by atoms with Crippen LogP contribution in [0.15, 0.2) is 24.3 Å².